The number of halogens is 2. The van der Waals surface area contributed by atoms with Gasteiger partial charge >= 0.3 is 0 Å². The molecular weight excluding hydrogens is 490 g/mol. The van der Waals surface area contributed by atoms with E-state index in [9.17, 15) is 8.78 Å². The number of benzene rings is 1. The Balaban J connectivity index is 0.00000195. The standard InChI is InChI=1S/C25H30F2N8O.C2H6/c1-5-6-17-12-22(33-32-17)31-21(28-3)14-23(35-9-7-34(4)8-10-35)29-15-36-20-13-19(26)25-18(24(20)27)11-16(2)30-25;1-2/h5-6,11-14,30H,3,7-10,15H2,1-2,4H3,(H2,31,32,33);1-2H3/b6-5+,21-14+,29-23+;. The first-order chi connectivity index (χ1) is 18.4. The number of likely N-dealkylation sites (N-methyl/N-ethyl adjacent to an activating group) is 1. The van der Waals surface area contributed by atoms with Crippen molar-refractivity contribution in [3.05, 3.63) is 59.2 Å². The van der Waals surface area contributed by atoms with Crippen molar-refractivity contribution >= 4 is 35.3 Å². The molecule has 0 amide bonds. The van der Waals surface area contributed by atoms with Crippen LogP contribution in [-0.4, -0.2) is 77.5 Å². The highest BCUT2D eigenvalue weighted by Gasteiger charge is 2.18. The molecule has 1 aliphatic heterocycles. The maximum Gasteiger partial charge on any atom is 0.181 e. The molecule has 0 spiro atoms. The first-order valence-corrected chi connectivity index (χ1v) is 12.6. The number of rotatable bonds is 8. The van der Waals surface area contributed by atoms with E-state index < -0.39 is 11.6 Å². The highest BCUT2D eigenvalue weighted by atomic mass is 19.1. The minimum atomic E-state index is -0.631. The molecule has 0 saturated carbocycles. The largest absolute Gasteiger partial charge is 0.468 e. The predicted molar refractivity (Wildman–Crippen MR) is 151 cm³/mol. The average Bonchev–Trinajstić information content (AvgIpc) is 3.54. The van der Waals surface area contributed by atoms with Gasteiger partial charge in [0.2, 0.25) is 0 Å². The van der Waals surface area contributed by atoms with Gasteiger partial charge in [-0.05, 0) is 39.8 Å². The van der Waals surface area contributed by atoms with Gasteiger partial charge in [0, 0.05) is 55.5 Å². The maximum absolute atomic E-state index is 14.9. The Morgan fingerprint density at radius 3 is 2.63 bits per heavy atom. The molecule has 0 bridgehead atoms. The van der Waals surface area contributed by atoms with Crippen LogP contribution >= 0.6 is 0 Å². The first kappa shape index (κ1) is 28.6. The summed E-state index contributed by atoms with van der Waals surface area (Å²) in [5.74, 6) is 0.180. The van der Waals surface area contributed by atoms with Crippen LogP contribution in [0, 0.1) is 18.6 Å². The van der Waals surface area contributed by atoms with E-state index >= 15 is 0 Å². The summed E-state index contributed by atoms with van der Waals surface area (Å²) in [6, 6.07) is 4.42. The second-order valence-electron chi connectivity index (χ2n) is 8.51. The lowest BCUT2D eigenvalue weighted by atomic mass is 10.2. The van der Waals surface area contributed by atoms with Crippen molar-refractivity contribution in [2.24, 2.45) is 9.98 Å². The number of aliphatic imine (C=N–C) groups is 2. The molecule has 1 aliphatic rings. The Labute approximate surface area is 222 Å². The van der Waals surface area contributed by atoms with Crippen molar-refractivity contribution < 1.29 is 13.5 Å². The number of anilines is 1. The molecule has 11 heteroatoms. The molecule has 4 rings (SSSR count). The smallest absolute Gasteiger partial charge is 0.181 e. The summed E-state index contributed by atoms with van der Waals surface area (Å²) in [6.07, 6.45) is 5.54. The number of H-pyrrole nitrogens is 2. The van der Waals surface area contributed by atoms with Crippen LogP contribution in [0.5, 0.6) is 5.75 Å². The van der Waals surface area contributed by atoms with Gasteiger partial charge in [-0.25, -0.2) is 18.8 Å². The van der Waals surface area contributed by atoms with E-state index in [1.54, 1.807) is 19.1 Å². The number of hydrogen-bond acceptors (Lipinski definition) is 6. The maximum atomic E-state index is 14.9. The van der Waals surface area contributed by atoms with E-state index in [1.165, 1.54) is 0 Å². The van der Waals surface area contributed by atoms with E-state index in [-0.39, 0.29) is 23.4 Å². The van der Waals surface area contributed by atoms with Crippen LogP contribution in [0.2, 0.25) is 0 Å². The van der Waals surface area contributed by atoms with Crippen LogP contribution in [0.25, 0.3) is 17.0 Å². The van der Waals surface area contributed by atoms with Crippen molar-refractivity contribution in [1.29, 1.82) is 0 Å². The number of ether oxygens (including phenoxy) is 1. The van der Waals surface area contributed by atoms with Gasteiger partial charge in [-0.15, -0.1) is 0 Å². The van der Waals surface area contributed by atoms with Crippen molar-refractivity contribution in [3.8, 4) is 5.75 Å². The zero-order valence-electron chi connectivity index (χ0n) is 22.6. The van der Waals surface area contributed by atoms with Crippen molar-refractivity contribution in [2.45, 2.75) is 27.7 Å². The minimum absolute atomic E-state index is 0.116. The highest BCUT2D eigenvalue weighted by Crippen LogP contribution is 2.29. The quantitative estimate of drug-likeness (QED) is 0.278. The number of nitrogens with one attached hydrogen (secondary N) is 3. The average molecular weight is 527 g/mol. The molecule has 3 aromatic rings. The van der Waals surface area contributed by atoms with Gasteiger partial charge in [-0.3, -0.25) is 5.10 Å². The zero-order chi connectivity index (χ0) is 27.7. The molecule has 0 aliphatic carbocycles. The Kier molecular flexibility index (Phi) is 10.2. The van der Waals surface area contributed by atoms with Crippen LogP contribution in [-0.2, 0) is 0 Å². The highest BCUT2D eigenvalue weighted by molar-refractivity contribution is 5.94. The molecule has 204 valence electrons. The topological polar surface area (TPSA) is 96.9 Å². The molecule has 9 nitrogen and oxygen atoms in total. The number of fused-ring (bicyclic) bond motifs is 1. The monoisotopic (exact) mass is 526 g/mol. The molecule has 0 atom stereocenters. The normalized spacial score (nSPS) is 15.1. The van der Waals surface area contributed by atoms with Crippen LogP contribution in [0.15, 0.2) is 46.2 Å². The summed E-state index contributed by atoms with van der Waals surface area (Å²) < 4.78 is 34.9. The first-order valence-electron chi connectivity index (χ1n) is 12.6. The van der Waals surface area contributed by atoms with Crippen LogP contribution in [0.1, 0.15) is 32.2 Å². The molecule has 0 radical (unpaired) electrons. The third kappa shape index (κ3) is 7.06. The van der Waals surface area contributed by atoms with Gasteiger partial charge in [-0.1, -0.05) is 19.9 Å². The molecule has 2 aromatic heterocycles. The fourth-order valence-corrected chi connectivity index (χ4v) is 3.92. The summed E-state index contributed by atoms with van der Waals surface area (Å²) in [4.78, 5) is 15.7. The van der Waals surface area contributed by atoms with E-state index in [1.807, 2.05) is 39.0 Å². The van der Waals surface area contributed by atoms with Gasteiger partial charge in [0.05, 0.1) is 11.2 Å². The predicted octanol–water partition coefficient (Wildman–Crippen LogP) is 5.17. The Bertz CT molecular complexity index is 1320. The number of aromatic nitrogens is 3. The second kappa shape index (κ2) is 13.5. The minimum Gasteiger partial charge on any atom is -0.468 e. The van der Waals surface area contributed by atoms with Gasteiger partial charge in [0.1, 0.15) is 11.7 Å². The Morgan fingerprint density at radius 2 is 1.95 bits per heavy atom. The lowest BCUT2D eigenvalue weighted by molar-refractivity contribution is 0.214. The summed E-state index contributed by atoms with van der Waals surface area (Å²) in [7, 11) is 2.06. The number of aryl methyl sites for hydroxylation is 1. The number of allylic oxidation sites excluding steroid dienone is 1. The molecule has 38 heavy (non-hydrogen) atoms. The molecule has 1 saturated heterocycles. The van der Waals surface area contributed by atoms with Gasteiger partial charge in [0.15, 0.2) is 29.9 Å². The van der Waals surface area contributed by atoms with Gasteiger partial charge < -0.3 is 24.8 Å². The van der Waals surface area contributed by atoms with Crippen molar-refractivity contribution in [1.82, 2.24) is 25.0 Å². The SMILES string of the molecule is C=N/C(=C\C(=N/COc1cc(F)c2[nH]c(C)cc2c1F)N1CCN(C)CC1)Nc1cc(/C=C/C)[nH]n1.CC. The number of piperazine rings is 1. The van der Waals surface area contributed by atoms with Crippen molar-refractivity contribution in [3.63, 3.8) is 0 Å². The van der Waals surface area contributed by atoms with Crippen LogP contribution < -0.4 is 10.1 Å². The second-order valence-corrected chi connectivity index (χ2v) is 8.51. The van der Waals surface area contributed by atoms with E-state index in [0.717, 1.165) is 37.9 Å². The number of aromatic amines is 2. The Morgan fingerprint density at radius 1 is 1.21 bits per heavy atom. The lowest BCUT2D eigenvalue weighted by Gasteiger charge is -2.33. The van der Waals surface area contributed by atoms with E-state index in [2.05, 4.69) is 54.0 Å². The molecular formula is C27H36F2N8O. The number of hydrogen-bond donors (Lipinski definition) is 3. The summed E-state index contributed by atoms with van der Waals surface area (Å²) in [6.45, 7) is 14.3. The summed E-state index contributed by atoms with van der Waals surface area (Å²) in [5.41, 5.74) is 1.62. The fraction of sp³-hybridized carbons (Fsp3) is 0.370. The van der Waals surface area contributed by atoms with Crippen LogP contribution in [0.3, 0.4) is 0 Å². The Hall–Kier alpha value is -3.99. The summed E-state index contributed by atoms with van der Waals surface area (Å²) >= 11 is 0. The van der Waals surface area contributed by atoms with Gasteiger partial charge in [0.25, 0.3) is 0 Å². The number of nitrogens with zero attached hydrogens (tertiary/aromatic N) is 5. The lowest BCUT2D eigenvalue weighted by Crippen LogP contribution is -2.47. The molecule has 3 N–H and O–H groups in total. The van der Waals surface area contributed by atoms with E-state index in [4.69, 9.17) is 4.74 Å². The molecule has 1 aromatic carbocycles. The third-order valence-corrected chi connectivity index (χ3v) is 5.81. The van der Waals surface area contributed by atoms with Gasteiger partial charge in [-0.2, -0.15) is 5.10 Å². The third-order valence-electron chi connectivity index (χ3n) is 5.81. The molecule has 0 unspecified atom stereocenters. The van der Waals surface area contributed by atoms with Crippen LogP contribution in [0.4, 0.5) is 14.6 Å². The fourth-order valence-electron chi connectivity index (χ4n) is 3.92. The van der Waals surface area contributed by atoms with E-state index in [0.29, 0.717) is 23.2 Å². The summed E-state index contributed by atoms with van der Waals surface area (Å²) in [5, 5.41) is 10.4. The zero-order valence-corrected chi connectivity index (χ0v) is 22.6. The molecule has 3 heterocycles. The van der Waals surface area contributed by atoms with Crippen molar-refractivity contribution in [2.75, 3.05) is 45.3 Å². The number of amidine groups is 1. The molecule has 1 fully saturated rings.